The molecule has 0 aromatic heterocycles. The number of rotatable bonds is 2. The Balaban J connectivity index is 2.03. The van der Waals surface area contributed by atoms with Crippen molar-refractivity contribution < 1.29 is 9.18 Å². The summed E-state index contributed by atoms with van der Waals surface area (Å²) in [5.74, 6) is -0.393. The lowest BCUT2D eigenvalue weighted by atomic mass is 10.0. The number of carbonyl (C=O) groups excluding carboxylic acids is 1. The van der Waals surface area contributed by atoms with Gasteiger partial charge in [-0.05, 0) is 49.9 Å². The molecular weight excluding hydrogens is 217 g/mol. The summed E-state index contributed by atoms with van der Waals surface area (Å²) < 4.78 is 13.1. The molecule has 17 heavy (non-hydrogen) atoms. The van der Waals surface area contributed by atoms with Gasteiger partial charge in [0, 0.05) is 11.6 Å². The van der Waals surface area contributed by atoms with Crippen LogP contribution in [-0.2, 0) is 0 Å². The van der Waals surface area contributed by atoms with E-state index in [1.54, 1.807) is 13.0 Å². The van der Waals surface area contributed by atoms with Crippen LogP contribution in [0.25, 0.3) is 0 Å². The number of halogens is 1. The van der Waals surface area contributed by atoms with Crippen molar-refractivity contribution in [1.29, 1.82) is 0 Å². The van der Waals surface area contributed by atoms with Gasteiger partial charge in [0.05, 0.1) is 0 Å². The van der Waals surface area contributed by atoms with Gasteiger partial charge in [-0.25, -0.2) is 4.39 Å². The number of hydrogen-bond acceptors (Lipinski definition) is 1. The molecule has 2 rings (SSSR count). The summed E-state index contributed by atoms with van der Waals surface area (Å²) in [5, 5.41) is 2.97. The second kappa shape index (κ2) is 5.13. The summed E-state index contributed by atoms with van der Waals surface area (Å²) in [6.07, 6.45) is 7.08. The van der Waals surface area contributed by atoms with Crippen molar-refractivity contribution >= 4 is 5.91 Å². The maximum atomic E-state index is 13.1. The van der Waals surface area contributed by atoms with Crippen LogP contribution >= 0.6 is 0 Å². The summed E-state index contributed by atoms with van der Waals surface area (Å²) in [6.45, 7) is 1.66. The lowest BCUT2D eigenvalue weighted by Gasteiger charge is -2.19. The number of carbonyl (C=O) groups is 1. The smallest absolute Gasteiger partial charge is 0.251 e. The fourth-order valence-corrected chi connectivity index (χ4v) is 1.98. The van der Waals surface area contributed by atoms with Crippen LogP contribution in [0.3, 0.4) is 0 Å². The Hall–Kier alpha value is -1.64. The van der Waals surface area contributed by atoms with Gasteiger partial charge in [-0.3, -0.25) is 4.79 Å². The van der Waals surface area contributed by atoms with Crippen molar-refractivity contribution in [3.63, 3.8) is 0 Å². The Kier molecular flexibility index (Phi) is 3.57. The topological polar surface area (TPSA) is 29.1 Å². The molecule has 0 heterocycles. The van der Waals surface area contributed by atoms with Crippen LogP contribution in [0.5, 0.6) is 0 Å². The van der Waals surface area contributed by atoms with E-state index in [9.17, 15) is 9.18 Å². The number of hydrogen-bond donors (Lipinski definition) is 1. The minimum atomic E-state index is -0.276. The van der Waals surface area contributed by atoms with Gasteiger partial charge in [-0.2, -0.15) is 0 Å². The van der Waals surface area contributed by atoms with Gasteiger partial charge in [0.15, 0.2) is 0 Å². The summed E-state index contributed by atoms with van der Waals surface area (Å²) in [5.41, 5.74) is 1.03. The molecule has 0 aliphatic heterocycles. The summed E-state index contributed by atoms with van der Waals surface area (Å²) in [7, 11) is 0. The van der Waals surface area contributed by atoms with Gasteiger partial charge >= 0.3 is 0 Å². The van der Waals surface area contributed by atoms with Crippen molar-refractivity contribution in [2.24, 2.45) is 0 Å². The van der Waals surface area contributed by atoms with Gasteiger partial charge in [0.2, 0.25) is 0 Å². The normalized spacial score (nSPS) is 19.1. The third kappa shape index (κ3) is 2.93. The van der Waals surface area contributed by atoms with Crippen molar-refractivity contribution in [3.05, 3.63) is 47.3 Å². The molecule has 0 saturated heterocycles. The van der Waals surface area contributed by atoms with Crippen LogP contribution in [0.1, 0.15) is 35.2 Å². The van der Waals surface area contributed by atoms with Crippen LogP contribution in [0.15, 0.2) is 30.4 Å². The summed E-state index contributed by atoms with van der Waals surface area (Å²) >= 11 is 0. The molecule has 1 aliphatic carbocycles. The van der Waals surface area contributed by atoms with Crippen LogP contribution in [-0.4, -0.2) is 11.9 Å². The average Bonchev–Trinajstić information content (AvgIpc) is 2.34. The molecule has 1 unspecified atom stereocenters. The maximum absolute atomic E-state index is 13.1. The largest absolute Gasteiger partial charge is 0.349 e. The van der Waals surface area contributed by atoms with E-state index in [0.717, 1.165) is 19.3 Å². The van der Waals surface area contributed by atoms with E-state index in [1.165, 1.54) is 12.1 Å². The van der Waals surface area contributed by atoms with E-state index in [1.807, 2.05) is 0 Å². The first-order valence-electron chi connectivity index (χ1n) is 5.89. The fraction of sp³-hybridized carbons (Fsp3) is 0.357. The zero-order valence-corrected chi connectivity index (χ0v) is 9.87. The van der Waals surface area contributed by atoms with E-state index in [-0.39, 0.29) is 17.8 Å². The standard InChI is InChI=1S/C14H16FNO/c1-10-9-11(7-8-13(10)15)14(17)16-12-5-3-2-4-6-12/h2-3,7-9,12H,4-6H2,1H3,(H,16,17). The zero-order chi connectivity index (χ0) is 12.3. The highest BCUT2D eigenvalue weighted by Gasteiger charge is 2.14. The molecule has 1 aromatic carbocycles. The first kappa shape index (κ1) is 11.8. The number of amides is 1. The van der Waals surface area contributed by atoms with Gasteiger partial charge in [-0.15, -0.1) is 0 Å². The molecule has 0 spiro atoms. The molecule has 1 amide bonds. The molecule has 0 bridgehead atoms. The number of benzene rings is 1. The lowest BCUT2D eigenvalue weighted by molar-refractivity contribution is 0.0934. The van der Waals surface area contributed by atoms with Gasteiger partial charge < -0.3 is 5.32 Å². The second-order valence-corrected chi connectivity index (χ2v) is 4.42. The molecule has 2 nitrogen and oxygen atoms in total. The molecule has 1 N–H and O–H groups in total. The molecule has 0 fully saturated rings. The first-order chi connectivity index (χ1) is 8.16. The quantitative estimate of drug-likeness (QED) is 0.782. The maximum Gasteiger partial charge on any atom is 0.251 e. The number of aryl methyl sites for hydroxylation is 1. The highest BCUT2D eigenvalue weighted by Crippen LogP contribution is 2.13. The van der Waals surface area contributed by atoms with Gasteiger partial charge in [0.1, 0.15) is 5.82 Å². The van der Waals surface area contributed by atoms with Crippen molar-refractivity contribution in [3.8, 4) is 0 Å². The molecular formula is C14H16FNO. The molecule has 0 radical (unpaired) electrons. The van der Waals surface area contributed by atoms with Crippen LogP contribution < -0.4 is 5.32 Å². The zero-order valence-electron chi connectivity index (χ0n) is 9.87. The van der Waals surface area contributed by atoms with Gasteiger partial charge in [-0.1, -0.05) is 12.2 Å². The number of nitrogens with one attached hydrogen (secondary N) is 1. The molecule has 90 valence electrons. The Morgan fingerprint density at radius 1 is 1.41 bits per heavy atom. The van der Waals surface area contributed by atoms with Crippen molar-refractivity contribution in [2.75, 3.05) is 0 Å². The van der Waals surface area contributed by atoms with Crippen molar-refractivity contribution in [2.45, 2.75) is 32.2 Å². The SMILES string of the molecule is Cc1cc(C(=O)NC2CC=CCC2)ccc1F. The highest BCUT2D eigenvalue weighted by molar-refractivity contribution is 5.94. The third-order valence-electron chi connectivity index (χ3n) is 3.02. The molecule has 1 aromatic rings. The van der Waals surface area contributed by atoms with E-state index < -0.39 is 0 Å². The summed E-state index contributed by atoms with van der Waals surface area (Å²) in [4.78, 5) is 11.9. The minimum Gasteiger partial charge on any atom is -0.349 e. The predicted octanol–water partition coefficient (Wildman–Crippen LogP) is 2.97. The second-order valence-electron chi connectivity index (χ2n) is 4.42. The highest BCUT2D eigenvalue weighted by atomic mass is 19.1. The van der Waals surface area contributed by atoms with E-state index >= 15 is 0 Å². The van der Waals surface area contributed by atoms with Crippen LogP contribution in [0, 0.1) is 12.7 Å². The van der Waals surface area contributed by atoms with Crippen LogP contribution in [0.4, 0.5) is 4.39 Å². The average molecular weight is 233 g/mol. The van der Waals surface area contributed by atoms with E-state index in [4.69, 9.17) is 0 Å². The molecule has 1 aliphatic rings. The summed E-state index contributed by atoms with van der Waals surface area (Å²) in [6, 6.07) is 4.66. The van der Waals surface area contributed by atoms with Crippen LogP contribution in [0.2, 0.25) is 0 Å². The third-order valence-corrected chi connectivity index (χ3v) is 3.02. The number of allylic oxidation sites excluding steroid dienone is 1. The van der Waals surface area contributed by atoms with Gasteiger partial charge in [0.25, 0.3) is 5.91 Å². The Morgan fingerprint density at radius 3 is 2.88 bits per heavy atom. The lowest BCUT2D eigenvalue weighted by Crippen LogP contribution is -2.35. The van der Waals surface area contributed by atoms with Crippen molar-refractivity contribution in [1.82, 2.24) is 5.32 Å². The fourth-order valence-electron chi connectivity index (χ4n) is 1.98. The van der Waals surface area contributed by atoms with E-state index in [2.05, 4.69) is 17.5 Å². The Morgan fingerprint density at radius 2 is 2.24 bits per heavy atom. The molecule has 0 saturated carbocycles. The monoisotopic (exact) mass is 233 g/mol. The Bertz CT molecular complexity index is 454. The molecule has 1 atom stereocenters. The predicted molar refractivity (Wildman–Crippen MR) is 65.4 cm³/mol. The first-order valence-corrected chi connectivity index (χ1v) is 5.89. The molecule has 3 heteroatoms. The van der Waals surface area contributed by atoms with E-state index in [0.29, 0.717) is 11.1 Å². The minimum absolute atomic E-state index is 0.117. The Labute approximate surface area is 101 Å².